The molecule has 1 heterocycles. The molecule has 0 aromatic heterocycles. The minimum absolute atomic E-state index is 0.146. The van der Waals surface area contributed by atoms with Crippen LogP contribution < -0.4 is 5.73 Å². The van der Waals surface area contributed by atoms with E-state index >= 15 is 0 Å². The highest BCUT2D eigenvalue weighted by molar-refractivity contribution is 5.71. The number of unbranched alkanes of at least 4 members (excludes halogenated alkanes) is 1. The smallest absolute Gasteiger partial charge is 0.320 e. The molecule has 0 amide bonds. The molecule has 23 heavy (non-hydrogen) atoms. The fourth-order valence-corrected chi connectivity index (χ4v) is 2.47. The zero-order valence-corrected chi connectivity index (χ0v) is 14.3. The summed E-state index contributed by atoms with van der Waals surface area (Å²) in [6.45, 7) is 4.56. The summed E-state index contributed by atoms with van der Waals surface area (Å²) in [7, 11) is 1.62. The summed E-state index contributed by atoms with van der Waals surface area (Å²) in [5.74, 6) is -0.307. The van der Waals surface area contributed by atoms with Gasteiger partial charge in [0.05, 0.1) is 13.2 Å². The molecule has 1 rings (SSSR count). The number of allylic oxidation sites excluding steroid dienone is 5. The molecule has 1 saturated heterocycles. The quantitative estimate of drug-likeness (QED) is 0.548. The first-order valence-corrected chi connectivity index (χ1v) is 8.18. The van der Waals surface area contributed by atoms with E-state index in [-0.39, 0.29) is 24.7 Å². The van der Waals surface area contributed by atoms with Crippen LogP contribution in [0.25, 0.3) is 0 Å². The molecule has 130 valence electrons. The van der Waals surface area contributed by atoms with E-state index in [9.17, 15) is 4.79 Å². The second-order valence-electron chi connectivity index (χ2n) is 5.62. The van der Waals surface area contributed by atoms with Gasteiger partial charge in [0.2, 0.25) is 0 Å². The van der Waals surface area contributed by atoms with Crippen LogP contribution in [0.15, 0.2) is 36.5 Å². The highest BCUT2D eigenvalue weighted by Crippen LogP contribution is 2.26. The molecular formula is C18H29NO4. The molecule has 1 aliphatic rings. The lowest BCUT2D eigenvalue weighted by Crippen LogP contribution is -2.52. The Hall–Kier alpha value is -1.43. The predicted molar refractivity (Wildman–Crippen MR) is 91.0 cm³/mol. The molecule has 4 atom stereocenters. The number of rotatable bonds is 8. The minimum atomic E-state index is -0.486. The molecule has 1 fully saturated rings. The first-order chi connectivity index (χ1) is 11.1. The Morgan fingerprint density at radius 1 is 1.26 bits per heavy atom. The van der Waals surface area contributed by atoms with E-state index in [1.807, 2.05) is 37.3 Å². The van der Waals surface area contributed by atoms with Gasteiger partial charge in [0, 0.05) is 13.0 Å². The summed E-state index contributed by atoms with van der Waals surface area (Å²) in [5.41, 5.74) is 5.34. The van der Waals surface area contributed by atoms with Crippen LogP contribution >= 0.6 is 0 Å². The molecule has 5 heteroatoms. The number of esters is 1. The van der Waals surface area contributed by atoms with Crippen molar-refractivity contribution in [2.24, 2.45) is 11.7 Å². The van der Waals surface area contributed by atoms with Crippen molar-refractivity contribution in [3.63, 3.8) is 0 Å². The lowest BCUT2D eigenvalue weighted by atomic mass is 9.93. The number of hydrogen-bond acceptors (Lipinski definition) is 5. The maximum Gasteiger partial charge on any atom is 0.320 e. The summed E-state index contributed by atoms with van der Waals surface area (Å²) in [4.78, 5) is 11.6. The molecule has 0 spiro atoms. The Kier molecular flexibility index (Phi) is 9.52. The minimum Gasteiger partial charge on any atom is -0.455 e. The van der Waals surface area contributed by atoms with E-state index in [0.717, 1.165) is 12.8 Å². The van der Waals surface area contributed by atoms with Crippen LogP contribution in [0.4, 0.5) is 0 Å². The van der Waals surface area contributed by atoms with Gasteiger partial charge in [-0.3, -0.25) is 4.79 Å². The second kappa shape index (κ2) is 11.2. The largest absolute Gasteiger partial charge is 0.455 e. The Balaban J connectivity index is 2.70. The monoisotopic (exact) mass is 323 g/mol. The standard InChI is InChI=1S/C18H29NO4/c1-4-5-6-7-8-9-10-11-15-18(23-16(20)12-19)17(21-3)14(2)13-22-15/h6-11,14-15,17-18H,4-5,12-13,19H2,1-3H3/t14-,15-,17-,18-/m0/s1. The fourth-order valence-electron chi connectivity index (χ4n) is 2.47. The van der Waals surface area contributed by atoms with E-state index < -0.39 is 12.1 Å². The molecular weight excluding hydrogens is 294 g/mol. The zero-order valence-electron chi connectivity index (χ0n) is 14.3. The highest BCUT2D eigenvalue weighted by atomic mass is 16.6. The molecule has 0 saturated carbocycles. The molecule has 5 nitrogen and oxygen atoms in total. The van der Waals surface area contributed by atoms with Crippen molar-refractivity contribution in [2.45, 2.75) is 45.0 Å². The Morgan fingerprint density at radius 2 is 2.00 bits per heavy atom. The molecule has 0 unspecified atom stereocenters. The van der Waals surface area contributed by atoms with Gasteiger partial charge in [-0.1, -0.05) is 56.7 Å². The summed E-state index contributed by atoms with van der Waals surface area (Å²) in [6, 6.07) is 0. The Bertz CT molecular complexity index is 431. The van der Waals surface area contributed by atoms with Crippen molar-refractivity contribution >= 4 is 5.97 Å². The van der Waals surface area contributed by atoms with Gasteiger partial charge in [0.25, 0.3) is 0 Å². The van der Waals surface area contributed by atoms with Crippen LogP contribution in [0.1, 0.15) is 26.7 Å². The van der Waals surface area contributed by atoms with Crippen molar-refractivity contribution in [3.8, 4) is 0 Å². The summed E-state index contributed by atoms with van der Waals surface area (Å²) >= 11 is 0. The van der Waals surface area contributed by atoms with Gasteiger partial charge in [0.15, 0.2) is 6.10 Å². The van der Waals surface area contributed by atoms with Gasteiger partial charge in [-0.2, -0.15) is 0 Å². The van der Waals surface area contributed by atoms with Crippen LogP contribution in [-0.2, 0) is 19.0 Å². The van der Waals surface area contributed by atoms with Gasteiger partial charge in [0.1, 0.15) is 12.2 Å². The molecule has 0 aliphatic carbocycles. The normalized spacial score (nSPS) is 28.9. The van der Waals surface area contributed by atoms with Crippen molar-refractivity contribution in [1.29, 1.82) is 0 Å². The number of carbonyl (C=O) groups excluding carboxylic acids is 1. The number of carbonyl (C=O) groups is 1. The highest BCUT2D eigenvalue weighted by Gasteiger charge is 2.40. The van der Waals surface area contributed by atoms with Crippen LogP contribution in [0.5, 0.6) is 0 Å². The number of methoxy groups -OCH3 is 1. The van der Waals surface area contributed by atoms with Crippen molar-refractivity contribution in [1.82, 2.24) is 0 Å². The maximum atomic E-state index is 11.6. The third-order valence-corrected chi connectivity index (χ3v) is 3.69. The van der Waals surface area contributed by atoms with Gasteiger partial charge in [-0.05, 0) is 6.42 Å². The van der Waals surface area contributed by atoms with Gasteiger partial charge in [-0.15, -0.1) is 0 Å². The number of ether oxygens (including phenoxy) is 3. The zero-order chi connectivity index (χ0) is 17.1. The van der Waals surface area contributed by atoms with E-state index in [1.165, 1.54) is 0 Å². The average Bonchev–Trinajstić information content (AvgIpc) is 2.55. The van der Waals surface area contributed by atoms with Crippen LogP contribution in [0, 0.1) is 5.92 Å². The van der Waals surface area contributed by atoms with Gasteiger partial charge in [-0.25, -0.2) is 0 Å². The molecule has 1 aliphatic heterocycles. The second-order valence-corrected chi connectivity index (χ2v) is 5.62. The third kappa shape index (κ3) is 6.69. The van der Waals surface area contributed by atoms with Crippen molar-refractivity contribution in [3.05, 3.63) is 36.5 Å². The van der Waals surface area contributed by atoms with Crippen LogP contribution in [-0.4, -0.2) is 44.5 Å². The van der Waals surface area contributed by atoms with E-state index in [0.29, 0.717) is 6.61 Å². The SMILES string of the molecule is CCCC=CC=CC=C[C@@H]1OC[C@H](C)[C@H](OC)[C@H]1OC(=O)CN. The molecule has 2 N–H and O–H groups in total. The van der Waals surface area contributed by atoms with Gasteiger partial charge >= 0.3 is 5.97 Å². The summed E-state index contributed by atoms with van der Waals surface area (Å²) < 4.78 is 16.7. The topological polar surface area (TPSA) is 70.8 Å². The number of nitrogens with two attached hydrogens (primary N) is 1. The summed E-state index contributed by atoms with van der Waals surface area (Å²) in [6.07, 6.45) is 13.0. The van der Waals surface area contributed by atoms with Crippen LogP contribution in [0.3, 0.4) is 0 Å². The Morgan fingerprint density at radius 3 is 2.65 bits per heavy atom. The molecule has 0 bridgehead atoms. The molecule has 0 aromatic rings. The first kappa shape index (κ1) is 19.6. The molecule has 0 aromatic carbocycles. The summed E-state index contributed by atoms with van der Waals surface area (Å²) in [5, 5.41) is 0. The predicted octanol–water partition coefficient (Wildman–Crippen LogP) is 2.38. The maximum absolute atomic E-state index is 11.6. The average molecular weight is 323 g/mol. The lowest BCUT2D eigenvalue weighted by Gasteiger charge is -2.39. The number of hydrogen-bond donors (Lipinski definition) is 1. The third-order valence-electron chi connectivity index (χ3n) is 3.69. The lowest BCUT2D eigenvalue weighted by molar-refractivity contribution is -0.189. The Labute approximate surface area is 139 Å². The molecule has 0 radical (unpaired) electrons. The first-order valence-electron chi connectivity index (χ1n) is 8.18. The van der Waals surface area contributed by atoms with Crippen molar-refractivity contribution < 1.29 is 19.0 Å². The van der Waals surface area contributed by atoms with E-state index in [1.54, 1.807) is 7.11 Å². The van der Waals surface area contributed by atoms with Crippen molar-refractivity contribution in [2.75, 3.05) is 20.3 Å². The van der Waals surface area contributed by atoms with E-state index in [2.05, 4.69) is 13.0 Å². The van der Waals surface area contributed by atoms with Crippen LogP contribution in [0.2, 0.25) is 0 Å². The van der Waals surface area contributed by atoms with Gasteiger partial charge < -0.3 is 19.9 Å². The fraction of sp³-hybridized carbons (Fsp3) is 0.611. The van der Waals surface area contributed by atoms with E-state index in [4.69, 9.17) is 19.9 Å².